The topological polar surface area (TPSA) is 120 Å². The number of aromatic nitrogens is 1. The summed E-state index contributed by atoms with van der Waals surface area (Å²) in [7, 11) is 3.01. The number of H-pyrrole nitrogens is 1. The van der Waals surface area contributed by atoms with Crippen LogP contribution in [0.3, 0.4) is 0 Å². The monoisotopic (exact) mass is 557 g/mol. The molecule has 11 heteroatoms. The Hall–Kier alpha value is -3.57. The van der Waals surface area contributed by atoms with Crippen molar-refractivity contribution in [2.24, 2.45) is 0 Å². The molecule has 1 fully saturated rings. The predicted octanol–water partition coefficient (Wildman–Crippen LogP) is 2.74. The third-order valence-electron chi connectivity index (χ3n) is 7.20. The molecule has 4 bridgehead atoms. The van der Waals surface area contributed by atoms with Crippen LogP contribution in [-0.2, 0) is 9.47 Å². The zero-order chi connectivity index (χ0) is 28.3. The number of benzene rings is 1. The van der Waals surface area contributed by atoms with Gasteiger partial charge in [0.15, 0.2) is 11.5 Å². The maximum atomic E-state index is 12.8. The third-order valence-corrected chi connectivity index (χ3v) is 7.20. The van der Waals surface area contributed by atoms with Crippen LogP contribution in [-0.4, -0.2) is 99.5 Å². The summed E-state index contributed by atoms with van der Waals surface area (Å²) in [6.45, 7) is 6.12. The summed E-state index contributed by atoms with van der Waals surface area (Å²) in [5.41, 5.74) is 0.348. The Labute approximate surface area is 234 Å². The molecule has 40 heavy (non-hydrogen) atoms. The van der Waals surface area contributed by atoms with Crippen molar-refractivity contribution in [3.8, 4) is 17.2 Å². The minimum atomic E-state index is -0.472. The molecule has 2 aliphatic heterocycles. The Morgan fingerprint density at radius 2 is 1.62 bits per heavy atom. The lowest BCUT2D eigenvalue weighted by Gasteiger charge is -2.24. The predicted molar refractivity (Wildman–Crippen MR) is 148 cm³/mol. The number of carbonyl (C=O) groups is 2. The van der Waals surface area contributed by atoms with Crippen molar-refractivity contribution < 1.29 is 33.3 Å². The third kappa shape index (κ3) is 8.22. The number of hydrogen-bond acceptors (Lipinski definition) is 10. The summed E-state index contributed by atoms with van der Waals surface area (Å²) >= 11 is 0. The summed E-state index contributed by atoms with van der Waals surface area (Å²) in [5.74, 6) is 0.221. The second kappa shape index (κ2) is 14.7. The van der Waals surface area contributed by atoms with Crippen molar-refractivity contribution >= 4 is 11.9 Å². The van der Waals surface area contributed by atoms with Crippen LogP contribution in [0.4, 0.5) is 0 Å². The molecule has 1 aromatic carbocycles. The number of methoxy groups -OCH3 is 2. The molecule has 4 rings (SSSR count). The molecule has 0 saturated carbocycles. The lowest BCUT2D eigenvalue weighted by molar-refractivity contribution is 0.0221. The van der Waals surface area contributed by atoms with Crippen molar-refractivity contribution in [3.05, 3.63) is 51.9 Å². The van der Waals surface area contributed by atoms with E-state index in [2.05, 4.69) is 14.8 Å². The average molecular weight is 558 g/mol. The van der Waals surface area contributed by atoms with E-state index >= 15 is 0 Å². The molecule has 1 saturated heterocycles. The first-order chi connectivity index (χ1) is 19.5. The van der Waals surface area contributed by atoms with E-state index in [0.29, 0.717) is 60.9 Å². The van der Waals surface area contributed by atoms with Crippen molar-refractivity contribution in [2.45, 2.75) is 38.2 Å². The standard InChI is InChI=1S/C29H39N3O8/c1-36-24-18-22-19-25(27(24)37-2)38-16-3-6-23(40-29(35)21-7-8-26(33)30-20-21)9-13-32-11-4-10-31(14-15-32)12-5-17-39-28(22)34/h7-8,18-20,23H,3-6,9-17H2,1-2H3,(H,30,33). The summed E-state index contributed by atoms with van der Waals surface area (Å²) in [5, 5.41) is 0. The number of pyridine rings is 1. The van der Waals surface area contributed by atoms with Crippen molar-refractivity contribution in [2.75, 3.05) is 66.7 Å². The van der Waals surface area contributed by atoms with E-state index in [1.54, 1.807) is 12.1 Å². The summed E-state index contributed by atoms with van der Waals surface area (Å²) < 4.78 is 28.4. The van der Waals surface area contributed by atoms with E-state index in [1.807, 2.05) is 0 Å². The van der Waals surface area contributed by atoms with Crippen molar-refractivity contribution in [1.29, 1.82) is 0 Å². The van der Waals surface area contributed by atoms with Gasteiger partial charge in [0.05, 0.1) is 38.6 Å². The molecular formula is C29H39N3O8. The zero-order valence-electron chi connectivity index (χ0n) is 23.3. The molecule has 1 aromatic heterocycles. The van der Waals surface area contributed by atoms with Gasteiger partial charge in [-0.1, -0.05) is 0 Å². The first-order valence-electron chi connectivity index (χ1n) is 13.9. The van der Waals surface area contributed by atoms with Gasteiger partial charge in [-0.3, -0.25) is 4.79 Å². The van der Waals surface area contributed by atoms with Gasteiger partial charge in [-0.25, -0.2) is 9.59 Å². The van der Waals surface area contributed by atoms with Crippen LogP contribution in [0.15, 0.2) is 35.3 Å². The normalized spacial score (nSPS) is 22.9. The Kier molecular flexibility index (Phi) is 10.8. The lowest BCUT2D eigenvalue weighted by atomic mass is 10.1. The van der Waals surface area contributed by atoms with Crippen LogP contribution in [0.5, 0.6) is 17.2 Å². The van der Waals surface area contributed by atoms with Gasteiger partial charge in [-0.05, 0) is 63.4 Å². The number of nitrogens with one attached hydrogen (secondary N) is 1. The zero-order valence-corrected chi connectivity index (χ0v) is 23.3. The van der Waals surface area contributed by atoms with Gasteiger partial charge in [-0.15, -0.1) is 0 Å². The number of ether oxygens (including phenoxy) is 5. The molecule has 0 spiro atoms. The number of carbonyl (C=O) groups excluding carboxylic acids is 2. The van der Waals surface area contributed by atoms with E-state index in [9.17, 15) is 14.4 Å². The molecule has 0 aliphatic carbocycles. The first kappa shape index (κ1) is 29.4. The fourth-order valence-electron chi connectivity index (χ4n) is 5.00. The Balaban J connectivity index is 1.51. The number of fused-ring (bicyclic) bond motifs is 5. The fourth-order valence-corrected chi connectivity index (χ4v) is 5.00. The average Bonchev–Trinajstić information content (AvgIpc) is 3.20. The van der Waals surface area contributed by atoms with Crippen LogP contribution >= 0.6 is 0 Å². The molecule has 0 radical (unpaired) electrons. The molecule has 218 valence electrons. The maximum absolute atomic E-state index is 12.8. The molecular weight excluding hydrogens is 518 g/mol. The van der Waals surface area contributed by atoms with Crippen LogP contribution < -0.4 is 19.8 Å². The molecule has 1 N–H and O–H groups in total. The largest absolute Gasteiger partial charge is 0.493 e. The van der Waals surface area contributed by atoms with E-state index in [0.717, 1.165) is 52.1 Å². The Bertz CT molecular complexity index is 1180. The molecule has 3 unspecified atom stereocenters. The highest BCUT2D eigenvalue weighted by Crippen LogP contribution is 2.38. The van der Waals surface area contributed by atoms with E-state index in [1.165, 1.54) is 32.5 Å². The van der Waals surface area contributed by atoms with Gasteiger partial charge in [0, 0.05) is 38.4 Å². The van der Waals surface area contributed by atoms with Crippen LogP contribution in [0.2, 0.25) is 0 Å². The van der Waals surface area contributed by atoms with Crippen LogP contribution in [0.1, 0.15) is 52.8 Å². The summed E-state index contributed by atoms with van der Waals surface area (Å²) in [6, 6.07) is 5.97. The second-order valence-electron chi connectivity index (χ2n) is 9.98. The highest BCUT2D eigenvalue weighted by atomic mass is 16.5. The van der Waals surface area contributed by atoms with Crippen LogP contribution in [0.25, 0.3) is 0 Å². The minimum Gasteiger partial charge on any atom is -0.493 e. The summed E-state index contributed by atoms with van der Waals surface area (Å²) in [4.78, 5) is 44.4. The maximum Gasteiger partial charge on any atom is 0.339 e. The SMILES string of the molecule is COc1cc2cc(c1OC)OCCCC(OC(=O)c1ccc(=O)[nH]c1)CCN1CCCN(CCCOC2=O)CC1. The molecule has 2 aromatic rings. The number of esters is 2. The first-order valence-corrected chi connectivity index (χ1v) is 13.9. The Morgan fingerprint density at radius 3 is 2.35 bits per heavy atom. The molecule has 3 heterocycles. The van der Waals surface area contributed by atoms with Gasteiger partial charge < -0.3 is 38.5 Å². The molecule has 0 amide bonds. The van der Waals surface area contributed by atoms with Gasteiger partial charge in [0.25, 0.3) is 0 Å². The quantitative estimate of drug-likeness (QED) is 0.562. The van der Waals surface area contributed by atoms with Gasteiger partial charge in [0.2, 0.25) is 11.3 Å². The van der Waals surface area contributed by atoms with Crippen LogP contribution in [0, 0.1) is 0 Å². The van der Waals surface area contributed by atoms with Gasteiger partial charge >= 0.3 is 11.9 Å². The molecule has 3 atom stereocenters. The molecule has 11 nitrogen and oxygen atoms in total. The number of nitrogens with zero attached hydrogens (tertiary/aromatic N) is 2. The van der Waals surface area contributed by atoms with Gasteiger partial charge in [-0.2, -0.15) is 0 Å². The smallest absolute Gasteiger partial charge is 0.339 e. The highest BCUT2D eigenvalue weighted by molar-refractivity contribution is 5.91. The van der Waals surface area contributed by atoms with Crippen molar-refractivity contribution in [1.82, 2.24) is 14.8 Å². The van der Waals surface area contributed by atoms with E-state index < -0.39 is 11.9 Å². The number of aromatic amines is 1. The highest BCUT2D eigenvalue weighted by Gasteiger charge is 2.22. The molecule has 2 aliphatic rings. The number of cyclic esters (lactones) is 1. The minimum absolute atomic E-state index is 0.278. The number of rotatable bonds is 4. The second-order valence-corrected chi connectivity index (χ2v) is 9.98. The van der Waals surface area contributed by atoms with E-state index in [-0.39, 0.29) is 11.7 Å². The lowest BCUT2D eigenvalue weighted by Crippen LogP contribution is -2.34. The van der Waals surface area contributed by atoms with Crippen molar-refractivity contribution in [3.63, 3.8) is 0 Å². The fraction of sp³-hybridized carbons (Fsp3) is 0.552. The Morgan fingerprint density at radius 1 is 0.875 bits per heavy atom. The van der Waals surface area contributed by atoms with E-state index in [4.69, 9.17) is 23.7 Å². The number of hydrogen-bond donors (Lipinski definition) is 1. The summed E-state index contributed by atoms with van der Waals surface area (Å²) in [6.07, 6.45) is 4.69. The van der Waals surface area contributed by atoms with Gasteiger partial charge in [0.1, 0.15) is 6.10 Å².